The number of anilines is 1. The van der Waals surface area contributed by atoms with Crippen molar-refractivity contribution in [1.82, 2.24) is 25.2 Å². The number of aryl methyl sites for hydroxylation is 2. The fraction of sp³-hybridized carbons (Fsp3) is 0.647. The van der Waals surface area contributed by atoms with Crippen molar-refractivity contribution in [3.8, 4) is 0 Å². The molecule has 1 fully saturated rings. The molecule has 9 nitrogen and oxygen atoms in total. The quantitative estimate of drug-likeness (QED) is 0.846. The number of amides is 2. The van der Waals surface area contributed by atoms with Crippen LogP contribution in [0.25, 0.3) is 0 Å². The number of rotatable bonds is 5. The van der Waals surface area contributed by atoms with Crippen LogP contribution in [0.1, 0.15) is 56.1 Å². The summed E-state index contributed by atoms with van der Waals surface area (Å²) in [5, 5.41) is 14.0. The molecular weight excluding hydrogens is 336 g/mol. The zero-order valence-electron chi connectivity index (χ0n) is 15.7. The third-order valence-electron chi connectivity index (χ3n) is 4.62. The number of urea groups is 1. The molecule has 9 heteroatoms. The van der Waals surface area contributed by atoms with Gasteiger partial charge in [0.2, 0.25) is 5.89 Å². The zero-order chi connectivity index (χ0) is 18.7. The molecule has 2 amide bonds. The van der Waals surface area contributed by atoms with Crippen molar-refractivity contribution in [1.29, 1.82) is 0 Å². The van der Waals surface area contributed by atoms with Gasteiger partial charge < -0.3 is 14.6 Å². The molecule has 142 valence electrons. The monoisotopic (exact) mass is 362 g/mol. The van der Waals surface area contributed by atoms with Crippen molar-refractivity contribution in [3.63, 3.8) is 0 Å². The van der Waals surface area contributed by atoms with Gasteiger partial charge in [-0.2, -0.15) is 10.1 Å². The molecule has 26 heavy (non-hydrogen) atoms. The summed E-state index contributed by atoms with van der Waals surface area (Å²) >= 11 is 0. The predicted octanol–water partition coefficient (Wildman–Crippen LogP) is 2.52. The Kier molecular flexibility index (Phi) is 5.55. The summed E-state index contributed by atoms with van der Waals surface area (Å²) in [7, 11) is 1.83. The highest BCUT2D eigenvalue weighted by atomic mass is 16.5. The maximum absolute atomic E-state index is 12.5. The van der Waals surface area contributed by atoms with Gasteiger partial charge in [0.25, 0.3) is 0 Å². The number of ether oxygens (including phenoxy) is 1. The van der Waals surface area contributed by atoms with Gasteiger partial charge in [-0.15, -0.1) is 0 Å². The highest BCUT2D eigenvalue weighted by Crippen LogP contribution is 2.30. The van der Waals surface area contributed by atoms with Crippen molar-refractivity contribution in [2.75, 3.05) is 18.5 Å². The molecule has 1 atom stereocenters. The summed E-state index contributed by atoms with van der Waals surface area (Å²) in [4.78, 5) is 17.0. The minimum atomic E-state index is -0.358. The standard InChI is InChI=1S/C17H26N6O3/c1-10(2)15-20-16(26-22-15)14(12-5-7-25-8-6-12)19-17(24)18-13-9-11(3)23(4)21-13/h9-10,12,14H,5-8H2,1-4H3,(H2,18,19,21,24)/t14-/m1/s1. The van der Waals surface area contributed by atoms with E-state index in [2.05, 4.69) is 25.9 Å². The van der Waals surface area contributed by atoms with E-state index >= 15 is 0 Å². The molecule has 0 spiro atoms. The second kappa shape index (κ2) is 7.86. The van der Waals surface area contributed by atoms with Crippen molar-refractivity contribution >= 4 is 11.8 Å². The highest BCUT2D eigenvalue weighted by molar-refractivity contribution is 5.88. The van der Waals surface area contributed by atoms with Gasteiger partial charge in [-0.1, -0.05) is 19.0 Å². The van der Waals surface area contributed by atoms with E-state index in [9.17, 15) is 4.79 Å². The lowest BCUT2D eigenvalue weighted by Gasteiger charge is -2.28. The van der Waals surface area contributed by atoms with Gasteiger partial charge in [0.15, 0.2) is 11.6 Å². The van der Waals surface area contributed by atoms with Crippen molar-refractivity contribution in [2.45, 2.75) is 45.6 Å². The van der Waals surface area contributed by atoms with Crippen LogP contribution >= 0.6 is 0 Å². The zero-order valence-corrected chi connectivity index (χ0v) is 15.7. The Hall–Kier alpha value is -2.42. The normalized spacial score (nSPS) is 16.7. The average molecular weight is 362 g/mol. The van der Waals surface area contributed by atoms with Crippen LogP contribution in [-0.4, -0.2) is 39.2 Å². The Morgan fingerprint density at radius 3 is 2.65 bits per heavy atom. The average Bonchev–Trinajstić information content (AvgIpc) is 3.21. The first-order valence-corrected chi connectivity index (χ1v) is 8.93. The van der Waals surface area contributed by atoms with E-state index in [0.29, 0.717) is 30.7 Å². The summed E-state index contributed by atoms with van der Waals surface area (Å²) in [6.45, 7) is 7.25. The third kappa shape index (κ3) is 4.21. The number of hydrogen-bond acceptors (Lipinski definition) is 6. The van der Waals surface area contributed by atoms with Crippen LogP contribution in [0.3, 0.4) is 0 Å². The van der Waals surface area contributed by atoms with Gasteiger partial charge in [0, 0.05) is 37.9 Å². The van der Waals surface area contributed by atoms with E-state index in [0.717, 1.165) is 18.5 Å². The largest absolute Gasteiger partial charge is 0.381 e. The van der Waals surface area contributed by atoms with Crippen LogP contribution in [0.2, 0.25) is 0 Å². The molecular formula is C17H26N6O3. The molecule has 0 aliphatic carbocycles. The van der Waals surface area contributed by atoms with Crippen LogP contribution in [0.15, 0.2) is 10.6 Å². The summed E-state index contributed by atoms with van der Waals surface area (Å²) in [5.74, 6) is 1.92. The van der Waals surface area contributed by atoms with Gasteiger partial charge in [-0.3, -0.25) is 10.00 Å². The maximum Gasteiger partial charge on any atom is 0.321 e. The van der Waals surface area contributed by atoms with E-state index in [1.165, 1.54) is 0 Å². The molecule has 0 aromatic carbocycles. The van der Waals surface area contributed by atoms with Crippen LogP contribution in [-0.2, 0) is 11.8 Å². The van der Waals surface area contributed by atoms with Crippen LogP contribution in [0.4, 0.5) is 10.6 Å². The first kappa shape index (κ1) is 18.4. The van der Waals surface area contributed by atoms with Crippen molar-refractivity contribution < 1.29 is 14.1 Å². The molecule has 2 aromatic heterocycles. The Balaban J connectivity index is 1.74. The molecule has 3 heterocycles. The second-order valence-electron chi connectivity index (χ2n) is 6.97. The Labute approximate surface area is 152 Å². The van der Waals surface area contributed by atoms with Crippen LogP contribution in [0.5, 0.6) is 0 Å². The second-order valence-corrected chi connectivity index (χ2v) is 6.97. The first-order chi connectivity index (χ1) is 12.4. The molecule has 1 saturated heterocycles. The lowest BCUT2D eigenvalue weighted by Crippen LogP contribution is -2.38. The van der Waals surface area contributed by atoms with Gasteiger partial charge in [0.1, 0.15) is 6.04 Å². The van der Waals surface area contributed by atoms with E-state index in [-0.39, 0.29) is 23.9 Å². The number of nitrogens with zero attached hydrogens (tertiary/aromatic N) is 4. The van der Waals surface area contributed by atoms with Gasteiger partial charge in [-0.25, -0.2) is 4.79 Å². The molecule has 0 unspecified atom stereocenters. The van der Waals surface area contributed by atoms with Crippen molar-refractivity contribution in [2.24, 2.45) is 13.0 Å². The maximum atomic E-state index is 12.5. The topological polar surface area (TPSA) is 107 Å². The number of nitrogens with one attached hydrogen (secondary N) is 2. The number of carbonyl (C=O) groups is 1. The van der Waals surface area contributed by atoms with Crippen LogP contribution in [0, 0.1) is 12.8 Å². The van der Waals surface area contributed by atoms with Gasteiger partial charge in [0.05, 0.1) is 0 Å². The van der Waals surface area contributed by atoms with E-state index in [1.807, 2.05) is 33.9 Å². The molecule has 1 aliphatic heterocycles. The van der Waals surface area contributed by atoms with E-state index < -0.39 is 0 Å². The van der Waals surface area contributed by atoms with Gasteiger partial charge in [-0.05, 0) is 25.7 Å². The molecule has 0 radical (unpaired) electrons. The minimum Gasteiger partial charge on any atom is -0.381 e. The minimum absolute atomic E-state index is 0.160. The Morgan fingerprint density at radius 1 is 1.35 bits per heavy atom. The number of hydrogen-bond donors (Lipinski definition) is 2. The predicted molar refractivity (Wildman–Crippen MR) is 94.8 cm³/mol. The van der Waals surface area contributed by atoms with E-state index in [1.54, 1.807) is 4.68 Å². The molecule has 2 aromatic rings. The lowest BCUT2D eigenvalue weighted by atomic mass is 9.91. The van der Waals surface area contributed by atoms with Gasteiger partial charge >= 0.3 is 6.03 Å². The number of aromatic nitrogens is 4. The Bertz CT molecular complexity index is 728. The summed E-state index contributed by atoms with van der Waals surface area (Å²) in [6.07, 6.45) is 1.65. The fourth-order valence-corrected chi connectivity index (χ4v) is 2.95. The molecule has 2 N–H and O–H groups in total. The number of carbonyl (C=O) groups excluding carboxylic acids is 1. The van der Waals surface area contributed by atoms with E-state index in [4.69, 9.17) is 9.26 Å². The summed E-state index contributed by atoms with van der Waals surface area (Å²) in [5.41, 5.74) is 0.958. The summed E-state index contributed by atoms with van der Waals surface area (Å²) < 4.78 is 12.6. The fourth-order valence-electron chi connectivity index (χ4n) is 2.95. The smallest absolute Gasteiger partial charge is 0.321 e. The third-order valence-corrected chi connectivity index (χ3v) is 4.62. The Morgan fingerprint density at radius 2 is 2.08 bits per heavy atom. The first-order valence-electron chi connectivity index (χ1n) is 8.93. The molecule has 0 bridgehead atoms. The molecule has 3 rings (SSSR count). The highest BCUT2D eigenvalue weighted by Gasteiger charge is 2.31. The van der Waals surface area contributed by atoms with Crippen molar-refractivity contribution in [3.05, 3.63) is 23.5 Å². The lowest BCUT2D eigenvalue weighted by molar-refractivity contribution is 0.0506. The molecule has 0 saturated carbocycles. The SMILES string of the molecule is Cc1cc(NC(=O)N[C@@H](c2nc(C(C)C)no2)C2CCOCC2)nn1C. The summed E-state index contributed by atoms with van der Waals surface area (Å²) in [6, 6.07) is 1.11. The molecule has 1 aliphatic rings. The van der Waals surface area contributed by atoms with Crippen LogP contribution < -0.4 is 10.6 Å².